The highest BCUT2D eigenvalue weighted by Crippen LogP contribution is 2.32. The van der Waals surface area contributed by atoms with Gasteiger partial charge in [0.25, 0.3) is 5.69 Å². The van der Waals surface area contributed by atoms with Crippen LogP contribution < -0.4 is 4.74 Å². The summed E-state index contributed by atoms with van der Waals surface area (Å²) in [5, 5.41) is 20.8. The molecule has 0 aromatic heterocycles. The fourth-order valence-corrected chi connectivity index (χ4v) is 1.67. The third kappa shape index (κ3) is 3.42. The van der Waals surface area contributed by atoms with Crippen LogP contribution in [0, 0.1) is 16.0 Å². The summed E-state index contributed by atoms with van der Waals surface area (Å²) in [5.41, 5.74) is 0.238. The minimum atomic E-state index is -0.842. The van der Waals surface area contributed by atoms with Crippen molar-refractivity contribution >= 4 is 5.69 Å². The van der Waals surface area contributed by atoms with Gasteiger partial charge in [-0.05, 0) is 24.5 Å². The number of ether oxygens (including phenoxy) is 1. The number of benzene rings is 1. The molecule has 0 fully saturated rings. The van der Waals surface area contributed by atoms with Crippen molar-refractivity contribution in [2.24, 2.45) is 5.92 Å². The zero-order chi connectivity index (χ0) is 13.0. The van der Waals surface area contributed by atoms with Crippen LogP contribution in [0.25, 0.3) is 0 Å². The van der Waals surface area contributed by atoms with Crippen molar-refractivity contribution in [3.63, 3.8) is 0 Å². The summed E-state index contributed by atoms with van der Waals surface area (Å²) < 4.78 is 5.01. The molecule has 1 N–H and O–H groups in total. The molecule has 1 unspecified atom stereocenters. The fourth-order valence-electron chi connectivity index (χ4n) is 1.67. The van der Waals surface area contributed by atoms with Crippen LogP contribution in [0.2, 0.25) is 0 Å². The lowest BCUT2D eigenvalue weighted by molar-refractivity contribution is -0.386. The van der Waals surface area contributed by atoms with E-state index < -0.39 is 11.0 Å². The maximum Gasteiger partial charge on any atom is 0.275 e. The largest absolute Gasteiger partial charge is 0.497 e. The quantitative estimate of drug-likeness (QED) is 0.633. The van der Waals surface area contributed by atoms with Gasteiger partial charge in [0.15, 0.2) is 0 Å². The molecule has 0 spiro atoms. The van der Waals surface area contributed by atoms with Gasteiger partial charge in [-0.1, -0.05) is 13.8 Å². The molecule has 5 nitrogen and oxygen atoms in total. The van der Waals surface area contributed by atoms with Crippen molar-refractivity contribution in [1.29, 1.82) is 0 Å². The number of hydrogen-bond acceptors (Lipinski definition) is 4. The Hall–Kier alpha value is -1.62. The topological polar surface area (TPSA) is 72.6 Å². The molecule has 0 aliphatic heterocycles. The number of methoxy groups -OCH3 is 1. The number of hydrogen-bond donors (Lipinski definition) is 1. The molecular formula is C12H17NO4. The first kappa shape index (κ1) is 13.4. The number of nitrogens with zero attached hydrogens (tertiary/aromatic N) is 1. The van der Waals surface area contributed by atoms with Gasteiger partial charge in [-0.3, -0.25) is 10.1 Å². The highest BCUT2D eigenvalue weighted by molar-refractivity contribution is 5.46. The van der Waals surface area contributed by atoms with Crippen LogP contribution in [0.4, 0.5) is 5.69 Å². The highest BCUT2D eigenvalue weighted by atomic mass is 16.6. The summed E-state index contributed by atoms with van der Waals surface area (Å²) in [6.45, 7) is 3.91. The number of nitro benzene ring substituents is 1. The Morgan fingerprint density at radius 2 is 2.12 bits per heavy atom. The Kier molecular flexibility index (Phi) is 4.45. The number of rotatable bonds is 5. The lowest BCUT2D eigenvalue weighted by atomic mass is 9.98. The molecule has 0 aliphatic carbocycles. The number of nitro groups is 1. The first-order valence-electron chi connectivity index (χ1n) is 5.46. The van der Waals surface area contributed by atoms with Gasteiger partial charge in [0.1, 0.15) is 5.75 Å². The zero-order valence-corrected chi connectivity index (χ0v) is 10.2. The third-order valence-electron chi connectivity index (χ3n) is 2.49. The lowest BCUT2D eigenvalue weighted by Gasteiger charge is -2.14. The highest BCUT2D eigenvalue weighted by Gasteiger charge is 2.21. The Balaban J connectivity index is 3.12. The fraction of sp³-hybridized carbons (Fsp3) is 0.500. The molecule has 0 amide bonds. The Morgan fingerprint density at radius 3 is 2.59 bits per heavy atom. The molecule has 94 valence electrons. The summed E-state index contributed by atoms with van der Waals surface area (Å²) in [7, 11) is 1.49. The average Bonchev–Trinajstić information content (AvgIpc) is 2.27. The maximum atomic E-state index is 10.9. The van der Waals surface area contributed by atoms with E-state index in [1.807, 2.05) is 13.8 Å². The van der Waals surface area contributed by atoms with E-state index in [-0.39, 0.29) is 11.6 Å². The van der Waals surface area contributed by atoms with Crippen LogP contribution in [0.5, 0.6) is 5.75 Å². The molecule has 1 aromatic carbocycles. The van der Waals surface area contributed by atoms with E-state index >= 15 is 0 Å². The second-order valence-electron chi connectivity index (χ2n) is 4.33. The summed E-state index contributed by atoms with van der Waals surface area (Å²) >= 11 is 0. The summed E-state index contributed by atoms with van der Waals surface area (Å²) in [6, 6.07) is 4.40. The molecule has 0 bridgehead atoms. The van der Waals surface area contributed by atoms with E-state index in [0.29, 0.717) is 17.7 Å². The number of aliphatic hydroxyl groups is 1. The van der Waals surface area contributed by atoms with Crippen LogP contribution >= 0.6 is 0 Å². The predicted molar refractivity (Wildman–Crippen MR) is 64.1 cm³/mol. The smallest absolute Gasteiger partial charge is 0.275 e. The zero-order valence-electron chi connectivity index (χ0n) is 10.2. The monoisotopic (exact) mass is 239 g/mol. The summed E-state index contributed by atoms with van der Waals surface area (Å²) in [5.74, 6) is 0.768. The van der Waals surface area contributed by atoms with Gasteiger partial charge in [0.05, 0.1) is 23.7 Å². The standard InChI is InChI=1S/C12H17NO4/c1-8(2)6-12(14)10-7-9(17-3)4-5-11(10)13(15)16/h4-5,7-8,12,14H,6H2,1-3H3. The molecule has 0 saturated carbocycles. The minimum Gasteiger partial charge on any atom is -0.497 e. The van der Waals surface area contributed by atoms with Gasteiger partial charge in [-0.2, -0.15) is 0 Å². The maximum absolute atomic E-state index is 10.9. The van der Waals surface area contributed by atoms with Crippen molar-refractivity contribution in [3.05, 3.63) is 33.9 Å². The van der Waals surface area contributed by atoms with Gasteiger partial charge in [0, 0.05) is 6.07 Å². The molecular weight excluding hydrogens is 222 g/mol. The Bertz CT molecular complexity index is 403. The van der Waals surface area contributed by atoms with E-state index in [1.54, 1.807) is 0 Å². The molecule has 0 aliphatic rings. The summed E-state index contributed by atoms with van der Waals surface area (Å²) in [4.78, 5) is 10.4. The SMILES string of the molecule is COc1ccc([N+](=O)[O-])c(C(O)CC(C)C)c1. The van der Waals surface area contributed by atoms with Crippen molar-refractivity contribution in [2.45, 2.75) is 26.4 Å². The molecule has 1 aromatic rings. The van der Waals surface area contributed by atoms with Crippen LogP contribution in [0.15, 0.2) is 18.2 Å². The van der Waals surface area contributed by atoms with E-state index in [0.717, 1.165) is 0 Å². The van der Waals surface area contributed by atoms with Gasteiger partial charge < -0.3 is 9.84 Å². The van der Waals surface area contributed by atoms with Crippen LogP contribution in [-0.4, -0.2) is 17.1 Å². The molecule has 1 rings (SSSR count). The first-order chi connectivity index (χ1) is 7.95. The molecule has 1 atom stereocenters. The van der Waals surface area contributed by atoms with Gasteiger partial charge in [0.2, 0.25) is 0 Å². The minimum absolute atomic E-state index is 0.0704. The Labute approximate surface area is 100 Å². The second-order valence-corrected chi connectivity index (χ2v) is 4.33. The lowest BCUT2D eigenvalue weighted by Crippen LogP contribution is -2.05. The average molecular weight is 239 g/mol. The third-order valence-corrected chi connectivity index (χ3v) is 2.49. The van der Waals surface area contributed by atoms with Gasteiger partial charge >= 0.3 is 0 Å². The normalized spacial score (nSPS) is 12.5. The Morgan fingerprint density at radius 1 is 1.47 bits per heavy atom. The van der Waals surface area contributed by atoms with Crippen molar-refractivity contribution in [1.82, 2.24) is 0 Å². The molecule has 17 heavy (non-hydrogen) atoms. The van der Waals surface area contributed by atoms with Crippen molar-refractivity contribution in [3.8, 4) is 5.75 Å². The number of aliphatic hydroxyl groups excluding tert-OH is 1. The summed E-state index contributed by atoms with van der Waals surface area (Å²) in [6.07, 6.45) is -0.362. The first-order valence-corrected chi connectivity index (χ1v) is 5.46. The van der Waals surface area contributed by atoms with Gasteiger partial charge in [-0.15, -0.1) is 0 Å². The van der Waals surface area contributed by atoms with Crippen LogP contribution in [0.1, 0.15) is 31.9 Å². The van der Waals surface area contributed by atoms with E-state index in [4.69, 9.17) is 4.74 Å². The molecule has 0 heterocycles. The predicted octanol–water partition coefficient (Wildman–Crippen LogP) is 2.68. The van der Waals surface area contributed by atoms with E-state index in [1.165, 1.54) is 25.3 Å². The van der Waals surface area contributed by atoms with E-state index in [9.17, 15) is 15.2 Å². The van der Waals surface area contributed by atoms with Crippen LogP contribution in [-0.2, 0) is 0 Å². The van der Waals surface area contributed by atoms with Crippen molar-refractivity contribution < 1.29 is 14.8 Å². The molecule has 0 radical (unpaired) electrons. The van der Waals surface area contributed by atoms with Crippen LogP contribution in [0.3, 0.4) is 0 Å². The molecule has 5 heteroatoms. The molecule has 0 saturated heterocycles. The second kappa shape index (κ2) is 5.63. The van der Waals surface area contributed by atoms with Crippen molar-refractivity contribution in [2.75, 3.05) is 7.11 Å². The van der Waals surface area contributed by atoms with E-state index in [2.05, 4.69) is 0 Å². The van der Waals surface area contributed by atoms with Gasteiger partial charge in [-0.25, -0.2) is 0 Å².